The van der Waals surface area contributed by atoms with Crippen LogP contribution in [0.1, 0.15) is 12.7 Å². The van der Waals surface area contributed by atoms with Crippen LogP contribution in [0.5, 0.6) is 5.75 Å². The summed E-state index contributed by atoms with van der Waals surface area (Å²) >= 11 is 3.05. The van der Waals surface area contributed by atoms with Crippen LogP contribution in [-0.2, 0) is 17.1 Å². The van der Waals surface area contributed by atoms with Gasteiger partial charge in [-0.1, -0.05) is 48.2 Å². The highest BCUT2D eigenvalue weighted by molar-refractivity contribution is 7.99. The Hall–Kier alpha value is -2.71. The minimum absolute atomic E-state index is 0.125. The quantitative estimate of drug-likeness (QED) is 0.338. The number of para-hydroxylation sites is 2. The Morgan fingerprint density at radius 1 is 1.13 bits per heavy atom. The normalized spacial score (nSPS) is 10.6. The van der Waals surface area contributed by atoms with E-state index in [1.54, 1.807) is 11.8 Å². The SMILES string of the molecule is C=CCn1c(CSc2ccccc2)nnc1SCC(=O)Nc1ccccc1OCC. The van der Waals surface area contributed by atoms with E-state index >= 15 is 0 Å². The number of carbonyl (C=O) groups is 1. The Balaban J connectivity index is 1.61. The topological polar surface area (TPSA) is 69.0 Å². The minimum Gasteiger partial charge on any atom is -0.492 e. The molecule has 0 radical (unpaired) electrons. The van der Waals surface area contributed by atoms with Crippen LogP contribution in [0.2, 0.25) is 0 Å². The van der Waals surface area contributed by atoms with Crippen LogP contribution in [-0.4, -0.2) is 33.0 Å². The number of aromatic nitrogens is 3. The summed E-state index contributed by atoms with van der Waals surface area (Å²) in [4.78, 5) is 13.6. The highest BCUT2D eigenvalue weighted by Gasteiger charge is 2.15. The van der Waals surface area contributed by atoms with Crippen LogP contribution >= 0.6 is 23.5 Å². The molecule has 1 heterocycles. The third-order valence-electron chi connectivity index (χ3n) is 4.01. The molecule has 0 saturated heterocycles. The number of hydrogen-bond acceptors (Lipinski definition) is 6. The van der Waals surface area contributed by atoms with Gasteiger partial charge in [-0.2, -0.15) is 0 Å². The largest absolute Gasteiger partial charge is 0.492 e. The zero-order valence-corrected chi connectivity index (χ0v) is 18.4. The fraction of sp³-hybridized carbons (Fsp3) is 0.227. The molecule has 156 valence electrons. The molecular formula is C22H24N4O2S2. The number of amides is 1. The fourth-order valence-electron chi connectivity index (χ4n) is 2.68. The molecule has 0 fully saturated rings. The fourth-order valence-corrected chi connectivity index (χ4v) is 4.30. The maximum atomic E-state index is 12.5. The number of hydrogen-bond donors (Lipinski definition) is 1. The first-order valence-corrected chi connectivity index (χ1v) is 11.5. The smallest absolute Gasteiger partial charge is 0.234 e. The van der Waals surface area contributed by atoms with Crippen LogP contribution < -0.4 is 10.1 Å². The number of anilines is 1. The summed E-state index contributed by atoms with van der Waals surface area (Å²) in [6.07, 6.45) is 1.81. The summed E-state index contributed by atoms with van der Waals surface area (Å²) < 4.78 is 7.55. The molecule has 3 aromatic rings. The zero-order chi connectivity index (χ0) is 21.2. The molecule has 0 aliphatic rings. The van der Waals surface area contributed by atoms with Gasteiger partial charge in [-0.15, -0.1) is 28.5 Å². The van der Waals surface area contributed by atoms with E-state index in [9.17, 15) is 4.79 Å². The second kappa shape index (κ2) is 11.5. The van der Waals surface area contributed by atoms with E-state index in [0.717, 1.165) is 5.82 Å². The third kappa shape index (κ3) is 6.14. The summed E-state index contributed by atoms with van der Waals surface area (Å²) in [6, 6.07) is 17.6. The van der Waals surface area contributed by atoms with Crippen LogP contribution in [0.25, 0.3) is 0 Å². The minimum atomic E-state index is -0.125. The number of benzene rings is 2. The van der Waals surface area contributed by atoms with E-state index in [0.29, 0.717) is 35.5 Å². The summed E-state index contributed by atoms with van der Waals surface area (Å²) in [5.41, 5.74) is 0.664. The molecule has 1 aromatic heterocycles. The molecular weight excluding hydrogens is 416 g/mol. The van der Waals surface area contributed by atoms with Crippen molar-refractivity contribution >= 4 is 35.1 Å². The molecule has 2 aromatic carbocycles. The predicted octanol–water partition coefficient (Wildman–Crippen LogP) is 4.89. The Kier molecular flexibility index (Phi) is 8.41. The number of allylic oxidation sites excluding steroid dienone is 1. The van der Waals surface area contributed by atoms with Crippen molar-refractivity contribution in [3.63, 3.8) is 0 Å². The summed E-state index contributed by atoms with van der Waals surface area (Å²) in [6.45, 7) is 6.87. The second-order valence-corrected chi connectivity index (χ2v) is 8.16. The van der Waals surface area contributed by atoms with Gasteiger partial charge in [-0.05, 0) is 31.2 Å². The first-order chi connectivity index (χ1) is 14.7. The second-order valence-electron chi connectivity index (χ2n) is 6.17. The van der Waals surface area contributed by atoms with Gasteiger partial charge in [0, 0.05) is 11.4 Å². The van der Waals surface area contributed by atoms with E-state index in [1.165, 1.54) is 16.7 Å². The lowest BCUT2D eigenvalue weighted by Gasteiger charge is -2.11. The molecule has 1 N–H and O–H groups in total. The number of thioether (sulfide) groups is 2. The molecule has 0 spiro atoms. The molecule has 8 heteroatoms. The summed E-state index contributed by atoms with van der Waals surface area (Å²) in [7, 11) is 0. The van der Waals surface area contributed by atoms with E-state index < -0.39 is 0 Å². The van der Waals surface area contributed by atoms with Gasteiger partial charge in [0.05, 0.1) is 23.8 Å². The molecule has 3 rings (SSSR count). The van der Waals surface area contributed by atoms with Crippen LogP contribution in [0.15, 0.2) is 77.3 Å². The van der Waals surface area contributed by atoms with Gasteiger partial charge in [0.2, 0.25) is 5.91 Å². The van der Waals surface area contributed by atoms with E-state index in [1.807, 2.05) is 60.0 Å². The van der Waals surface area contributed by atoms with Crippen molar-refractivity contribution in [1.82, 2.24) is 14.8 Å². The third-order valence-corrected chi connectivity index (χ3v) is 5.98. The van der Waals surface area contributed by atoms with Gasteiger partial charge in [0.15, 0.2) is 5.16 Å². The van der Waals surface area contributed by atoms with Gasteiger partial charge in [-0.3, -0.25) is 4.79 Å². The standard InChI is InChI=1S/C22H24N4O2S2/c1-3-14-26-20(15-29-17-10-6-5-7-11-17)24-25-22(26)30-16-21(27)23-18-12-8-9-13-19(18)28-4-2/h3,5-13H,1,4,14-16H2,2H3,(H,23,27). The molecule has 0 saturated carbocycles. The van der Waals surface area contributed by atoms with Crippen molar-refractivity contribution < 1.29 is 9.53 Å². The lowest BCUT2D eigenvalue weighted by Crippen LogP contribution is -2.15. The van der Waals surface area contributed by atoms with E-state index in [-0.39, 0.29) is 11.7 Å². The molecule has 0 atom stereocenters. The van der Waals surface area contributed by atoms with Crippen LogP contribution in [0.4, 0.5) is 5.69 Å². The summed E-state index contributed by atoms with van der Waals surface area (Å²) in [5, 5.41) is 12.2. The van der Waals surface area contributed by atoms with Gasteiger partial charge >= 0.3 is 0 Å². The Labute approximate surface area is 185 Å². The van der Waals surface area contributed by atoms with Crippen molar-refractivity contribution in [2.45, 2.75) is 29.3 Å². The Bertz CT molecular complexity index is 976. The van der Waals surface area contributed by atoms with Gasteiger partial charge in [-0.25, -0.2) is 0 Å². The average Bonchev–Trinajstić information content (AvgIpc) is 3.15. The monoisotopic (exact) mass is 440 g/mol. The van der Waals surface area contributed by atoms with Gasteiger partial charge in [0.25, 0.3) is 0 Å². The molecule has 30 heavy (non-hydrogen) atoms. The van der Waals surface area contributed by atoms with Crippen molar-refractivity contribution in [3.05, 3.63) is 73.1 Å². The molecule has 0 aliphatic carbocycles. The lowest BCUT2D eigenvalue weighted by molar-refractivity contribution is -0.113. The van der Waals surface area contributed by atoms with Gasteiger partial charge < -0.3 is 14.6 Å². The molecule has 0 unspecified atom stereocenters. The number of nitrogens with one attached hydrogen (secondary N) is 1. The van der Waals surface area contributed by atoms with E-state index in [2.05, 4.69) is 34.2 Å². The number of nitrogens with zero attached hydrogens (tertiary/aromatic N) is 3. The van der Waals surface area contributed by atoms with Crippen molar-refractivity contribution in [2.24, 2.45) is 0 Å². The number of rotatable bonds is 11. The molecule has 6 nitrogen and oxygen atoms in total. The highest BCUT2D eigenvalue weighted by Crippen LogP contribution is 2.26. The van der Waals surface area contributed by atoms with Gasteiger partial charge in [0.1, 0.15) is 11.6 Å². The molecule has 0 aliphatic heterocycles. The van der Waals surface area contributed by atoms with Crippen molar-refractivity contribution in [1.29, 1.82) is 0 Å². The average molecular weight is 441 g/mol. The Morgan fingerprint density at radius 3 is 2.67 bits per heavy atom. The maximum Gasteiger partial charge on any atom is 0.234 e. The maximum absolute atomic E-state index is 12.5. The molecule has 0 bridgehead atoms. The van der Waals surface area contributed by atoms with Crippen molar-refractivity contribution in [2.75, 3.05) is 17.7 Å². The molecule has 1 amide bonds. The predicted molar refractivity (Wildman–Crippen MR) is 123 cm³/mol. The first-order valence-electron chi connectivity index (χ1n) is 9.56. The van der Waals surface area contributed by atoms with E-state index in [4.69, 9.17) is 4.74 Å². The van der Waals surface area contributed by atoms with Crippen LogP contribution in [0.3, 0.4) is 0 Å². The van der Waals surface area contributed by atoms with Crippen LogP contribution in [0, 0.1) is 0 Å². The number of carbonyl (C=O) groups excluding carboxylic acids is 1. The first kappa shape index (κ1) is 22.0. The van der Waals surface area contributed by atoms with Crippen molar-refractivity contribution in [3.8, 4) is 5.75 Å². The Morgan fingerprint density at radius 2 is 1.90 bits per heavy atom. The highest BCUT2D eigenvalue weighted by atomic mass is 32.2. The number of ether oxygens (including phenoxy) is 1. The lowest BCUT2D eigenvalue weighted by atomic mass is 10.3. The zero-order valence-electron chi connectivity index (χ0n) is 16.8. The summed E-state index contributed by atoms with van der Waals surface area (Å²) in [5.74, 6) is 2.31.